The molecule has 0 saturated carbocycles. The number of methoxy groups -OCH3 is 1. The van der Waals surface area contributed by atoms with Crippen molar-refractivity contribution in [1.82, 2.24) is 4.98 Å². The topological polar surface area (TPSA) is 48.1 Å². The van der Waals surface area contributed by atoms with Crippen molar-refractivity contribution >= 4 is 10.8 Å². The Hall–Kier alpha value is -2.39. The number of hydrogen-bond donors (Lipinski definition) is 1. The Kier molecular flexibility index (Phi) is 3.82. The van der Waals surface area contributed by atoms with Crippen LogP contribution >= 0.6 is 0 Å². The van der Waals surface area contributed by atoms with Gasteiger partial charge in [-0.2, -0.15) is 0 Å². The van der Waals surface area contributed by atoms with Crippen LogP contribution in [0.4, 0.5) is 0 Å². The summed E-state index contributed by atoms with van der Waals surface area (Å²) >= 11 is 0. The summed E-state index contributed by atoms with van der Waals surface area (Å²) < 4.78 is 5.56. The molecule has 0 aliphatic carbocycles. The molecule has 0 spiro atoms. The Balaban J connectivity index is 2.42. The largest absolute Gasteiger partial charge is 0.496 e. The maximum absolute atomic E-state index is 5.87. The Morgan fingerprint density at radius 2 is 1.77 bits per heavy atom. The fraction of sp³-hybridized carbons (Fsp3) is 0.211. The van der Waals surface area contributed by atoms with Gasteiger partial charge in [0.2, 0.25) is 0 Å². The first-order valence-electron chi connectivity index (χ1n) is 7.39. The molecule has 0 saturated heterocycles. The van der Waals surface area contributed by atoms with Gasteiger partial charge in [-0.25, -0.2) is 0 Å². The lowest BCUT2D eigenvalue weighted by Crippen LogP contribution is -2.04. The summed E-state index contributed by atoms with van der Waals surface area (Å²) in [5.41, 5.74) is 11.2. The molecule has 0 amide bonds. The molecule has 0 aliphatic rings. The van der Waals surface area contributed by atoms with Crippen LogP contribution in [-0.4, -0.2) is 12.1 Å². The third kappa shape index (κ3) is 2.34. The summed E-state index contributed by atoms with van der Waals surface area (Å²) in [5, 5.41) is 2.27. The van der Waals surface area contributed by atoms with Gasteiger partial charge in [0.25, 0.3) is 0 Å². The van der Waals surface area contributed by atoms with E-state index in [1.165, 1.54) is 10.9 Å². The SMILES string of the molecule is COc1ccc(C)cc1-c1c(C)nc(CN)c2ccccc12. The predicted molar refractivity (Wildman–Crippen MR) is 91.1 cm³/mol. The zero-order chi connectivity index (χ0) is 15.7. The minimum absolute atomic E-state index is 0.437. The number of aryl methyl sites for hydroxylation is 2. The van der Waals surface area contributed by atoms with Crippen molar-refractivity contribution in [2.75, 3.05) is 7.11 Å². The molecule has 0 atom stereocenters. The highest BCUT2D eigenvalue weighted by Crippen LogP contribution is 2.38. The highest BCUT2D eigenvalue weighted by Gasteiger charge is 2.15. The van der Waals surface area contributed by atoms with E-state index in [1.54, 1.807) is 7.11 Å². The number of aromatic nitrogens is 1. The molecule has 2 aromatic carbocycles. The molecular formula is C19H20N2O. The number of benzene rings is 2. The Bertz CT molecular complexity index is 840. The van der Waals surface area contributed by atoms with E-state index in [0.29, 0.717) is 6.54 Å². The smallest absolute Gasteiger partial charge is 0.126 e. The van der Waals surface area contributed by atoms with Gasteiger partial charge >= 0.3 is 0 Å². The minimum atomic E-state index is 0.437. The number of nitrogens with two attached hydrogens (primary N) is 1. The van der Waals surface area contributed by atoms with Crippen molar-refractivity contribution in [2.45, 2.75) is 20.4 Å². The summed E-state index contributed by atoms with van der Waals surface area (Å²) in [6, 6.07) is 14.5. The maximum atomic E-state index is 5.87. The normalized spacial score (nSPS) is 10.9. The fourth-order valence-electron chi connectivity index (χ4n) is 2.98. The molecule has 0 aliphatic heterocycles. The van der Waals surface area contributed by atoms with E-state index in [4.69, 9.17) is 15.5 Å². The van der Waals surface area contributed by atoms with Gasteiger partial charge in [0, 0.05) is 28.8 Å². The lowest BCUT2D eigenvalue weighted by molar-refractivity contribution is 0.416. The van der Waals surface area contributed by atoms with Gasteiger partial charge in [-0.05, 0) is 31.4 Å². The van der Waals surface area contributed by atoms with Crippen LogP contribution in [-0.2, 0) is 6.54 Å². The van der Waals surface area contributed by atoms with Crippen LogP contribution < -0.4 is 10.5 Å². The van der Waals surface area contributed by atoms with Gasteiger partial charge in [-0.3, -0.25) is 4.98 Å². The summed E-state index contributed by atoms with van der Waals surface area (Å²) in [6.07, 6.45) is 0. The second kappa shape index (κ2) is 5.78. The van der Waals surface area contributed by atoms with Crippen LogP contribution in [0.25, 0.3) is 21.9 Å². The van der Waals surface area contributed by atoms with Crippen LogP contribution in [0.2, 0.25) is 0 Å². The van der Waals surface area contributed by atoms with Crippen molar-refractivity contribution in [2.24, 2.45) is 5.73 Å². The van der Waals surface area contributed by atoms with Crippen molar-refractivity contribution in [1.29, 1.82) is 0 Å². The van der Waals surface area contributed by atoms with Gasteiger partial charge < -0.3 is 10.5 Å². The molecule has 1 aromatic heterocycles. The average molecular weight is 292 g/mol. The zero-order valence-corrected chi connectivity index (χ0v) is 13.2. The highest BCUT2D eigenvalue weighted by molar-refractivity contribution is 6.00. The standard InChI is InChI=1S/C19H20N2O/c1-12-8-9-18(22-3)16(10-12)19-13(2)21-17(11-20)14-6-4-5-7-15(14)19/h4-10H,11,20H2,1-3H3. The Labute approximate surface area is 130 Å². The van der Waals surface area contributed by atoms with Crippen molar-refractivity contribution in [3.05, 3.63) is 59.4 Å². The fourth-order valence-corrected chi connectivity index (χ4v) is 2.98. The molecule has 0 bridgehead atoms. The number of ether oxygens (including phenoxy) is 1. The molecular weight excluding hydrogens is 272 g/mol. The van der Waals surface area contributed by atoms with Gasteiger partial charge in [-0.1, -0.05) is 35.9 Å². The first-order chi connectivity index (χ1) is 10.7. The molecule has 0 radical (unpaired) electrons. The van der Waals surface area contributed by atoms with Gasteiger partial charge in [0.1, 0.15) is 5.75 Å². The average Bonchev–Trinajstić information content (AvgIpc) is 2.54. The summed E-state index contributed by atoms with van der Waals surface area (Å²) in [4.78, 5) is 4.72. The van der Waals surface area contributed by atoms with Crippen LogP contribution in [0.15, 0.2) is 42.5 Å². The quantitative estimate of drug-likeness (QED) is 0.794. The van der Waals surface area contributed by atoms with Crippen LogP contribution in [0.3, 0.4) is 0 Å². The first-order valence-corrected chi connectivity index (χ1v) is 7.39. The van der Waals surface area contributed by atoms with E-state index in [2.05, 4.69) is 31.2 Å². The molecule has 3 rings (SSSR count). The summed E-state index contributed by atoms with van der Waals surface area (Å²) in [6.45, 7) is 4.55. The Morgan fingerprint density at radius 3 is 2.45 bits per heavy atom. The van der Waals surface area contributed by atoms with Gasteiger partial charge in [0.15, 0.2) is 0 Å². The van der Waals surface area contributed by atoms with E-state index in [9.17, 15) is 0 Å². The lowest BCUT2D eigenvalue weighted by Gasteiger charge is -2.16. The molecule has 0 unspecified atom stereocenters. The molecule has 3 aromatic rings. The van der Waals surface area contributed by atoms with Crippen LogP contribution in [0, 0.1) is 13.8 Å². The monoisotopic (exact) mass is 292 g/mol. The molecule has 112 valence electrons. The molecule has 3 heteroatoms. The van der Waals surface area contributed by atoms with Crippen molar-refractivity contribution in [3.63, 3.8) is 0 Å². The van der Waals surface area contributed by atoms with Crippen LogP contribution in [0.1, 0.15) is 17.0 Å². The maximum Gasteiger partial charge on any atom is 0.126 e. The minimum Gasteiger partial charge on any atom is -0.496 e. The predicted octanol–water partition coefficient (Wildman–Crippen LogP) is 3.99. The summed E-state index contributed by atoms with van der Waals surface area (Å²) in [7, 11) is 1.70. The lowest BCUT2D eigenvalue weighted by atomic mass is 9.94. The van der Waals surface area contributed by atoms with Crippen molar-refractivity contribution in [3.8, 4) is 16.9 Å². The van der Waals surface area contributed by atoms with E-state index in [-0.39, 0.29) is 0 Å². The zero-order valence-electron chi connectivity index (χ0n) is 13.2. The van der Waals surface area contributed by atoms with E-state index >= 15 is 0 Å². The third-order valence-electron chi connectivity index (χ3n) is 3.99. The second-order valence-electron chi connectivity index (χ2n) is 5.47. The number of hydrogen-bond acceptors (Lipinski definition) is 3. The third-order valence-corrected chi connectivity index (χ3v) is 3.99. The highest BCUT2D eigenvalue weighted by atomic mass is 16.5. The molecule has 1 heterocycles. The molecule has 2 N–H and O–H groups in total. The van der Waals surface area contributed by atoms with E-state index in [1.807, 2.05) is 25.1 Å². The number of nitrogens with zero attached hydrogens (tertiary/aromatic N) is 1. The molecule has 3 nitrogen and oxygen atoms in total. The van der Waals surface area contributed by atoms with Crippen molar-refractivity contribution < 1.29 is 4.74 Å². The Morgan fingerprint density at radius 1 is 1.05 bits per heavy atom. The van der Waals surface area contributed by atoms with E-state index < -0.39 is 0 Å². The van der Waals surface area contributed by atoms with E-state index in [0.717, 1.165) is 33.7 Å². The van der Waals surface area contributed by atoms with Gasteiger partial charge in [-0.15, -0.1) is 0 Å². The number of rotatable bonds is 3. The molecule has 22 heavy (non-hydrogen) atoms. The van der Waals surface area contributed by atoms with Gasteiger partial charge in [0.05, 0.1) is 12.8 Å². The summed E-state index contributed by atoms with van der Waals surface area (Å²) in [5.74, 6) is 0.862. The number of pyridine rings is 1. The van der Waals surface area contributed by atoms with Crippen LogP contribution in [0.5, 0.6) is 5.75 Å². The second-order valence-corrected chi connectivity index (χ2v) is 5.47. The number of fused-ring (bicyclic) bond motifs is 1. The first kappa shape index (κ1) is 14.5. The molecule has 0 fully saturated rings.